The zero-order chi connectivity index (χ0) is 21.4. The minimum absolute atomic E-state index is 0.0726. The number of anilines is 1. The third kappa shape index (κ3) is 3.68. The summed E-state index contributed by atoms with van der Waals surface area (Å²) in [6.45, 7) is 2.62. The lowest BCUT2D eigenvalue weighted by molar-refractivity contribution is -0.117. The van der Waals surface area contributed by atoms with Gasteiger partial charge in [-0.3, -0.25) is 4.79 Å². The van der Waals surface area contributed by atoms with E-state index in [9.17, 15) is 9.18 Å². The van der Waals surface area contributed by atoms with Crippen molar-refractivity contribution in [2.45, 2.75) is 23.6 Å². The molecule has 1 aliphatic rings. The Hall–Kier alpha value is -3.25. The van der Waals surface area contributed by atoms with Crippen molar-refractivity contribution in [3.63, 3.8) is 0 Å². The molecule has 4 nitrogen and oxygen atoms in total. The summed E-state index contributed by atoms with van der Waals surface area (Å²) in [6.07, 6.45) is 0.883. The molecule has 0 saturated heterocycles. The molecule has 154 valence electrons. The van der Waals surface area contributed by atoms with Crippen molar-refractivity contribution in [1.82, 2.24) is 10.2 Å². The van der Waals surface area contributed by atoms with E-state index < -0.39 is 0 Å². The molecule has 0 N–H and O–H groups in total. The first kappa shape index (κ1) is 19.7. The van der Waals surface area contributed by atoms with Crippen molar-refractivity contribution in [3.05, 3.63) is 84.2 Å². The fourth-order valence-corrected chi connectivity index (χ4v) is 4.95. The Bertz CT molecular complexity index is 1280. The molecule has 0 spiro atoms. The molecule has 31 heavy (non-hydrogen) atoms. The van der Waals surface area contributed by atoms with Crippen molar-refractivity contribution in [1.29, 1.82) is 0 Å². The van der Waals surface area contributed by atoms with Gasteiger partial charge in [0, 0.05) is 28.6 Å². The molecule has 6 heteroatoms. The van der Waals surface area contributed by atoms with Gasteiger partial charge in [-0.1, -0.05) is 54.2 Å². The van der Waals surface area contributed by atoms with E-state index in [4.69, 9.17) is 0 Å². The molecule has 0 aliphatic carbocycles. The van der Waals surface area contributed by atoms with Crippen LogP contribution in [0.15, 0.2) is 77.8 Å². The van der Waals surface area contributed by atoms with E-state index in [0.29, 0.717) is 12.2 Å². The lowest BCUT2D eigenvalue weighted by atomic mass is 10.1. The monoisotopic (exact) mass is 429 g/mol. The number of hydrogen-bond acceptors (Lipinski definition) is 4. The highest BCUT2D eigenvalue weighted by Crippen LogP contribution is 2.35. The van der Waals surface area contributed by atoms with Crippen molar-refractivity contribution in [2.75, 3.05) is 11.4 Å². The highest BCUT2D eigenvalue weighted by molar-refractivity contribution is 8.00. The maximum absolute atomic E-state index is 13.3. The van der Waals surface area contributed by atoms with E-state index in [-0.39, 0.29) is 17.0 Å². The molecule has 0 bridgehead atoms. The smallest absolute Gasteiger partial charge is 0.240 e. The second kappa shape index (κ2) is 8.12. The van der Waals surface area contributed by atoms with Gasteiger partial charge in [-0.15, -0.1) is 10.2 Å². The van der Waals surface area contributed by atoms with Gasteiger partial charge in [0.15, 0.2) is 0 Å². The molecule has 1 amide bonds. The quantitative estimate of drug-likeness (QED) is 0.402. The number of nitrogens with zero attached hydrogens (tertiary/aromatic N) is 3. The first-order valence-electron chi connectivity index (χ1n) is 10.2. The van der Waals surface area contributed by atoms with Gasteiger partial charge in [-0.25, -0.2) is 4.39 Å². The minimum Gasteiger partial charge on any atom is -0.311 e. The second-order valence-corrected chi connectivity index (χ2v) is 8.86. The van der Waals surface area contributed by atoms with Crippen molar-refractivity contribution >= 4 is 34.1 Å². The summed E-state index contributed by atoms with van der Waals surface area (Å²) in [7, 11) is 0. The molecular formula is C25H20FN3OS. The second-order valence-electron chi connectivity index (χ2n) is 7.53. The average Bonchev–Trinajstić information content (AvgIpc) is 3.23. The molecule has 4 aromatic rings. The van der Waals surface area contributed by atoms with Crippen LogP contribution in [-0.4, -0.2) is 27.9 Å². The van der Waals surface area contributed by atoms with Crippen LogP contribution in [0.2, 0.25) is 0 Å². The average molecular weight is 430 g/mol. The summed E-state index contributed by atoms with van der Waals surface area (Å²) in [5, 5.41) is 11.2. The molecule has 0 saturated carbocycles. The van der Waals surface area contributed by atoms with Crippen LogP contribution in [0.25, 0.3) is 22.0 Å². The first-order valence-corrected chi connectivity index (χ1v) is 11.1. The van der Waals surface area contributed by atoms with Gasteiger partial charge >= 0.3 is 0 Å². The fraction of sp³-hybridized carbons (Fsp3) is 0.160. The van der Waals surface area contributed by atoms with Crippen molar-refractivity contribution < 1.29 is 9.18 Å². The number of para-hydroxylation sites is 1. The Balaban J connectivity index is 1.45. The molecule has 0 radical (unpaired) electrons. The summed E-state index contributed by atoms with van der Waals surface area (Å²) in [5.74, 6) is -0.215. The van der Waals surface area contributed by atoms with Crippen LogP contribution in [0.4, 0.5) is 10.1 Å². The zero-order valence-electron chi connectivity index (χ0n) is 17.0. The predicted molar refractivity (Wildman–Crippen MR) is 123 cm³/mol. The number of rotatable bonds is 4. The molecular weight excluding hydrogens is 409 g/mol. The number of benzene rings is 3. The maximum atomic E-state index is 13.3. The molecule has 0 unspecified atom stereocenters. The predicted octanol–water partition coefficient (Wildman–Crippen LogP) is 5.51. The number of carbonyl (C=O) groups excluding carboxylic acids is 1. The molecule has 3 aromatic carbocycles. The van der Waals surface area contributed by atoms with Crippen LogP contribution in [0, 0.1) is 5.82 Å². The van der Waals surface area contributed by atoms with Crippen molar-refractivity contribution in [2.24, 2.45) is 0 Å². The SMILES string of the molecule is C[C@H](Sc1nnc(-c2ccc(F)cc2)c2ccccc12)C(=O)N1CCc2ccccc21. The molecule has 1 aromatic heterocycles. The van der Waals surface area contributed by atoms with Crippen LogP contribution >= 0.6 is 11.8 Å². The summed E-state index contributed by atoms with van der Waals surface area (Å²) in [6, 6.07) is 22.2. The van der Waals surface area contributed by atoms with Crippen LogP contribution in [0.1, 0.15) is 12.5 Å². The number of amides is 1. The summed E-state index contributed by atoms with van der Waals surface area (Å²) in [4.78, 5) is 15.1. The largest absolute Gasteiger partial charge is 0.311 e. The number of aromatic nitrogens is 2. The van der Waals surface area contributed by atoms with Crippen molar-refractivity contribution in [3.8, 4) is 11.3 Å². The van der Waals surface area contributed by atoms with Gasteiger partial charge in [-0.2, -0.15) is 0 Å². The van der Waals surface area contributed by atoms with E-state index in [2.05, 4.69) is 16.3 Å². The third-order valence-corrected chi connectivity index (χ3v) is 6.64. The van der Waals surface area contributed by atoms with E-state index in [1.807, 2.05) is 54.3 Å². The fourth-order valence-electron chi connectivity index (χ4n) is 3.99. The standard InChI is InChI=1S/C25H20FN3OS/c1-16(25(30)29-15-14-17-6-2-5-9-22(17)29)31-24-21-8-4-3-7-20(21)23(27-28-24)18-10-12-19(26)13-11-18/h2-13,16H,14-15H2,1H3/t16-/m0/s1. The highest BCUT2D eigenvalue weighted by atomic mass is 32.2. The first-order chi connectivity index (χ1) is 15.1. The van der Waals surface area contributed by atoms with Crippen LogP contribution in [0.3, 0.4) is 0 Å². The molecule has 5 rings (SSSR count). The van der Waals surface area contributed by atoms with Crippen LogP contribution in [0.5, 0.6) is 0 Å². The highest BCUT2D eigenvalue weighted by Gasteiger charge is 2.29. The van der Waals surface area contributed by atoms with Gasteiger partial charge in [0.2, 0.25) is 5.91 Å². The van der Waals surface area contributed by atoms with Gasteiger partial charge in [0.05, 0.1) is 5.25 Å². The van der Waals surface area contributed by atoms with E-state index in [1.54, 1.807) is 12.1 Å². The minimum atomic E-state index is -0.305. The molecule has 1 atom stereocenters. The molecule has 2 heterocycles. The number of fused-ring (bicyclic) bond motifs is 2. The Morgan fingerprint density at radius 3 is 2.48 bits per heavy atom. The normalized spacial score (nSPS) is 13.9. The van der Waals surface area contributed by atoms with E-state index in [0.717, 1.165) is 33.5 Å². The van der Waals surface area contributed by atoms with Gasteiger partial charge in [-0.05, 0) is 49.2 Å². The zero-order valence-corrected chi connectivity index (χ0v) is 17.8. The lowest BCUT2D eigenvalue weighted by Crippen LogP contribution is -2.35. The third-order valence-electron chi connectivity index (χ3n) is 5.56. The van der Waals surface area contributed by atoms with Gasteiger partial charge in [0.1, 0.15) is 16.5 Å². The Morgan fingerprint density at radius 2 is 1.68 bits per heavy atom. The van der Waals surface area contributed by atoms with E-state index in [1.165, 1.54) is 29.5 Å². The van der Waals surface area contributed by atoms with Gasteiger partial charge < -0.3 is 4.90 Å². The number of thioether (sulfide) groups is 1. The topological polar surface area (TPSA) is 46.1 Å². The van der Waals surface area contributed by atoms with Crippen LogP contribution < -0.4 is 4.90 Å². The number of hydrogen-bond donors (Lipinski definition) is 0. The number of halogens is 1. The Kier molecular flexibility index (Phi) is 5.16. The molecule has 0 fully saturated rings. The van der Waals surface area contributed by atoms with Crippen LogP contribution in [-0.2, 0) is 11.2 Å². The summed E-state index contributed by atoms with van der Waals surface area (Å²) in [5.41, 5.74) is 3.72. The van der Waals surface area contributed by atoms with Gasteiger partial charge in [0.25, 0.3) is 0 Å². The summed E-state index contributed by atoms with van der Waals surface area (Å²) < 4.78 is 13.3. The lowest BCUT2D eigenvalue weighted by Gasteiger charge is -2.21. The number of carbonyl (C=O) groups is 1. The maximum Gasteiger partial charge on any atom is 0.240 e. The van der Waals surface area contributed by atoms with E-state index >= 15 is 0 Å². The Morgan fingerprint density at radius 1 is 0.968 bits per heavy atom. The molecule has 1 aliphatic heterocycles. The summed E-state index contributed by atoms with van der Waals surface area (Å²) >= 11 is 1.42. The Labute approximate surface area is 184 Å².